The number of ether oxygens (including phenoxy) is 2. The van der Waals surface area contributed by atoms with Gasteiger partial charge in [0.05, 0.1) is 38.1 Å². The zero-order valence-electron chi connectivity index (χ0n) is 21.4. The quantitative estimate of drug-likeness (QED) is 0.341. The molecule has 0 unspecified atom stereocenters. The van der Waals surface area contributed by atoms with E-state index in [1.54, 1.807) is 14.2 Å². The van der Waals surface area contributed by atoms with Crippen molar-refractivity contribution in [2.24, 2.45) is 0 Å². The number of hydrogen-bond acceptors (Lipinski definition) is 6. The van der Waals surface area contributed by atoms with E-state index in [0.717, 1.165) is 68.6 Å². The van der Waals surface area contributed by atoms with Crippen LogP contribution in [-0.4, -0.2) is 56.2 Å². The predicted molar refractivity (Wildman–Crippen MR) is 146 cm³/mol. The van der Waals surface area contributed by atoms with Crippen LogP contribution in [-0.2, 0) is 39.3 Å². The van der Waals surface area contributed by atoms with Crippen LogP contribution in [0.4, 0.5) is 0 Å². The van der Waals surface area contributed by atoms with Crippen LogP contribution in [0.3, 0.4) is 0 Å². The molecule has 4 aromatic rings. The minimum Gasteiger partial charge on any atom is -0.497 e. The Morgan fingerprint density at radius 3 is 1.89 bits per heavy atom. The lowest BCUT2D eigenvalue weighted by Gasteiger charge is -2.28. The summed E-state index contributed by atoms with van der Waals surface area (Å²) in [5.74, 6) is 1.82. The van der Waals surface area contributed by atoms with Crippen molar-refractivity contribution in [3.05, 3.63) is 94.5 Å². The maximum atomic E-state index is 5.18. The lowest BCUT2D eigenvalue weighted by Crippen LogP contribution is -2.32. The molecule has 0 saturated carbocycles. The molecule has 2 aliphatic heterocycles. The molecule has 4 heterocycles. The number of nitrogens with zero attached hydrogens (tertiary/aromatic N) is 6. The third-order valence-corrected chi connectivity index (χ3v) is 7.52. The van der Waals surface area contributed by atoms with E-state index in [9.17, 15) is 0 Å². The minimum absolute atomic E-state index is 0.907. The van der Waals surface area contributed by atoms with Crippen LogP contribution in [0.25, 0.3) is 0 Å². The van der Waals surface area contributed by atoms with Crippen LogP contribution < -0.4 is 9.47 Å². The van der Waals surface area contributed by atoms with Gasteiger partial charge in [-0.05, 0) is 51.3 Å². The van der Waals surface area contributed by atoms with Gasteiger partial charge in [0.1, 0.15) is 11.5 Å². The molecule has 0 radical (unpaired) electrons. The Morgan fingerprint density at radius 2 is 1.30 bits per heavy atom. The number of fused-ring (bicyclic) bond motifs is 2. The summed E-state index contributed by atoms with van der Waals surface area (Å²) in [4.78, 5) is 13.4. The summed E-state index contributed by atoms with van der Waals surface area (Å²) in [5.41, 5.74) is 5.21. The van der Waals surface area contributed by atoms with Crippen molar-refractivity contribution < 1.29 is 9.47 Å². The average molecular weight is 566 g/mol. The number of hydrogen-bond donors (Lipinski definition) is 0. The largest absolute Gasteiger partial charge is 0.497 e. The van der Waals surface area contributed by atoms with E-state index in [0.29, 0.717) is 0 Å². The molecule has 6 rings (SSSR count). The Morgan fingerprint density at radius 1 is 0.730 bits per heavy atom. The summed E-state index contributed by atoms with van der Waals surface area (Å²) >= 11 is 3.47. The third-order valence-electron chi connectivity index (χ3n) is 6.89. The molecule has 0 amide bonds. The van der Waals surface area contributed by atoms with E-state index in [1.165, 1.54) is 22.5 Å². The minimum atomic E-state index is 0.907. The molecule has 37 heavy (non-hydrogen) atoms. The standard InChI is InChI=1S/C14H16BrN3O.C14H17N3O/c1-19-13-4-2-11(3-5-13)9-17-6-7-18-12(10-17)8-16-14(18)15;1-18-14-4-2-12(3-5-14)9-16-6-7-17-11-15-8-13(17)10-16/h2-5,8H,6-7,9-10H2,1H3;2-5,8,11H,6-7,9-10H2,1H3. The summed E-state index contributed by atoms with van der Waals surface area (Å²) in [6, 6.07) is 16.6. The summed E-state index contributed by atoms with van der Waals surface area (Å²) in [6.07, 6.45) is 5.82. The number of rotatable bonds is 6. The van der Waals surface area contributed by atoms with E-state index in [2.05, 4.69) is 69.1 Å². The van der Waals surface area contributed by atoms with Gasteiger partial charge in [-0.15, -0.1) is 0 Å². The van der Waals surface area contributed by atoms with Crippen LogP contribution in [0.15, 0.2) is 72.0 Å². The Labute approximate surface area is 226 Å². The summed E-state index contributed by atoms with van der Waals surface area (Å²) in [5, 5.41) is 0. The first-order valence-corrected chi connectivity index (χ1v) is 13.3. The monoisotopic (exact) mass is 564 g/mol. The van der Waals surface area contributed by atoms with Crippen molar-refractivity contribution in [3.8, 4) is 11.5 Å². The van der Waals surface area contributed by atoms with Gasteiger partial charge in [-0.2, -0.15) is 0 Å². The molecular weight excluding hydrogens is 532 g/mol. The summed E-state index contributed by atoms with van der Waals surface area (Å²) in [7, 11) is 3.39. The number of methoxy groups -OCH3 is 2. The van der Waals surface area contributed by atoms with Crippen molar-refractivity contribution in [1.82, 2.24) is 28.9 Å². The van der Waals surface area contributed by atoms with E-state index in [-0.39, 0.29) is 0 Å². The number of imidazole rings is 2. The first-order chi connectivity index (χ1) is 18.1. The molecule has 0 bridgehead atoms. The van der Waals surface area contributed by atoms with E-state index in [1.807, 2.05) is 43.0 Å². The van der Waals surface area contributed by atoms with Crippen LogP contribution in [0, 0.1) is 0 Å². The van der Waals surface area contributed by atoms with Gasteiger partial charge in [0, 0.05) is 58.6 Å². The van der Waals surface area contributed by atoms with Crippen molar-refractivity contribution in [3.63, 3.8) is 0 Å². The second kappa shape index (κ2) is 11.9. The maximum Gasteiger partial charge on any atom is 0.177 e. The van der Waals surface area contributed by atoms with Crippen LogP contribution in [0.2, 0.25) is 0 Å². The molecule has 2 aliphatic rings. The molecular formula is C28H33BrN6O2. The van der Waals surface area contributed by atoms with E-state index < -0.39 is 0 Å². The fourth-order valence-electron chi connectivity index (χ4n) is 4.78. The molecule has 8 nitrogen and oxygen atoms in total. The Balaban J connectivity index is 0.000000152. The molecule has 2 aromatic carbocycles. The van der Waals surface area contributed by atoms with Gasteiger partial charge in [0.2, 0.25) is 0 Å². The fraction of sp³-hybridized carbons (Fsp3) is 0.357. The fourth-order valence-corrected chi connectivity index (χ4v) is 5.29. The molecule has 0 spiro atoms. The summed E-state index contributed by atoms with van der Waals surface area (Å²) < 4.78 is 15.7. The maximum absolute atomic E-state index is 5.18. The Kier molecular flexibility index (Phi) is 8.23. The zero-order valence-corrected chi connectivity index (χ0v) is 23.0. The second-order valence-electron chi connectivity index (χ2n) is 9.37. The van der Waals surface area contributed by atoms with E-state index >= 15 is 0 Å². The first-order valence-electron chi connectivity index (χ1n) is 12.5. The topological polar surface area (TPSA) is 60.6 Å². The number of halogens is 1. The first kappa shape index (κ1) is 25.5. The van der Waals surface area contributed by atoms with Gasteiger partial charge in [0.15, 0.2) is 4.73 Å². The lowest BCUT2D eigenvalue weighted by atomic mass is 10.2. The molecule has 0 aliphatic carbocycles. The van der Waals surface area contributed by atoms with Gasteiger partial charge in [-0.25, -0.2) is 9.97 Å². The van der Waals surface area contributed by atoms with Crippen molar-refractivity contribution in [1.29, 1.82) is 0 Å². The SMILES string of the molecule is COc1ccc(CN2CCn3c(cnc3Br)C2)cc1.COc1ccc(CN2CCn3cncc3C2)cc1. The number of benzene rings is 2. The summed E-state index contributed by atoms with van der Waals surface area (Å²) in [6.45, 7) is 8.03. The second-order valence-corrected chi connectivity index (χ2v) is 10.1. The van der Waals surface area contributed by atoms with Crippen LogP contribution in [0.1, 0.15) is 22.5 Å². The predicted octanol–water partition coefficient (Wildman–Crippen LogP) is 4.58. The third kappa shape index (κ3) is 6.41. The van der Waals surface area contributed by atoms with Gasteiger partial charge in [0.25, 0.3) is 0 Å². The van der Waals surface area contributed by atoms with Gasteiger partial charge in [-0.1, -0.05) is 24.3 Å². The Bertz CT molecular complexity index is 1290. The highest BCUT2D eigenvalue weighted by Crippen LogP contribution is 2.21. The number of aromatic nitrogens is 4. The van der Waals surface area contributed by atoms with Crippen molar-refractivity contribution in [2.45, 2.75) is 39.3 Å². The molecule has 9 heteroatoms. The highest BCUT2D eigenvalue weighted by atomic mass is 79.9. The van der Waals surface area contributed by atoms with E-state index in [4.69, 9.17) is 9.47 Å². The van der Waals surface area contributed by atoms with Crippen molar-refractivity contribution >= 4 is 15.9 Å². The molecule has 0 atom stereocenters. The van der Waals surface area contributed by atoms with Gasteiger partial charge >= 0.3 is 0 Å². The smallest absolute Gasteiger partial charge is 0.177 e. The van der Waals surface area contributed by atoms with Gasteiger partial charge in [-0.3, -0.25) is 9.80 Å². The molecule has 0 saturated heterocycles. The molecule has 194 valence electrons. The van der Waals surface area contributed by atoms with Gasteiger partial charge < -0.3 is 18.6 Å². The zero-order chi connectivity index (χ0) is 25.6. The molecule has 2 aromatic heterocycles. The average Bonchev–Trinajstić information content (AvgIpc) is 3.56. The molecule has 0 N–H and O–H groups in total. The van der Waals surface area contributed by atoms with Crippen LogP contribution >= 0.6 is 15.9 Å². The van der Waals surface area contributed by atoms with Crippen LogP contribution in [0.5, 0.6) is 11.5 Å². The van der Waals surface area contributed by atoms with Crippen molar-refractivity contribution in [2.75, 3.05) is 27.3 Å². The molecule has 0 fully saturated rings. The lowest BCUT2D eigenvalue weighted by molar-refractivity contribution is 0.212. The highest BCUT2D eigenvalue weighted by molar-refractivity contribution is 9.10. The highest BCUT2D eigenvalue weighted by Gasteiger charge is 2.18. The Hall–Kier alpha value is -3.14. The normalized spacial score (nSPS) is 15.3.